The van der Waals surface area contributed by atoms with Crippen molar-refractivity contribution in [3.05, 3.63) is 34.1 Å². The third-order valence-electron chi connectivity index (χ3n) is 3.06. The average Bonchev–Trinajstić information content (AvgIpc) is 2.41. The molecule has 6 heteroatoms. The number of nitrogens with zero attached hydrogens (tertiary/aromatic N) is 1. The van der Waals surface area contributed by atoms with E-state index in [1.165, 1.54) is 12.1 Å². The van der Waals surface area contributed by atoms with Crippen LogP contribution in [-0.2, 0) is 11.3 Å². The van der Waals surface area contributed by atoms with Gasteiger partial charge in [-0.15, -0.1) is 0 Å². The van der Waals surface area contributed by atoms with E-state index in [0.29, 0.717) is 13.1 Å². The van der Waals surface area contributed by atoms with Gasteiger partial charge in [-0.1, -0.05) is 15.9 Å². The fraction of sp³-hybridized carbons (Fsp3) is 0.462. The lowest BCUT2D eigenvalue weighted by molar-refractivity contribution is -0.122. The maximum absolute atomic E-state index is 13.1. The van der Waals surface area contributed by atoms with Crippen molar-refractivity contribution >= 4 is 21.8 Å². The fourth-order valence-corrected chi connectivity index (χ4v) is 2.39. The predicted molar refractivity (Wildman–Crippen MR) is 75.3 cm³/mol. The SMILES string of the molecule is O=C(CN1CCNCC1)NCc1cc(F)ccc1Br. The zero-order valence-corrected chi connectivity index (χ0v) is 12.2. The van der Waals surface area contributed by atoms with Crippen LogP contribution >= 0.6 is 15.9 Å². The van der Waals surface area contributed by atoms with Gasteiger partial charge in [0.2, 0.25) is 5.91 Å². The van der Waals surface area contributed by atoms with E-state index in [2.05, 4.69) is 31.5 Å². The molecular weight excluding hydrogens is 313 g/mol. The van der Waals surface area contributed by atoms with Crippen molar-refractivity contribution in [1.82, 2.24) is 15.5 Å². The minimum Gasteiger partial charge on any atom is -0.351 e. The van der Waals surface area contributed by atoms with Crippen molar-refractivity contribution < 1.29 is 9.18 Å². The van der Waals surface area contributed by atoms with Crippen LogP contribution in [0.1, 0.15) is 5.56 Å². The first-order chi connectivity index (χ1) is 9.15. The van der Waals surface area contributed by atoms with Gasteiger partial charge in [0.15, 0.2) is 0 Å². The summed E-state index contributed by atoms with van der Waals surface area (Å²) in [5, 5.41) is 6.05. The molecule has 0 unspecified atom stereocenters. The average molecular weight is 330 g/mol. The van der Waals surface area contributed by atoms with Crippen molar-refractivity contribution in [1.29, 1.82) is 0 Å². The van der Waals surface area contributed by atoms with Crippen molar-refractivity contribution in [3.63, 3.8) is 0 Å². The standard InChI is InChI=1S/C13H17BrFN3O/c14-12-2-1-11(15)7-10(12)8-17-13(19)9-18-5-3-16-4-6-18/h1-2,7,16H,3-6,8-9H2,(H,17,19). The van der Waals surface area contributed by atoms with Gasteiger partial charge in [0, 0.05) is 37.2 Å². The highest BCUT2D eigenvalue weighted by molar-refractivity contribution is 9.10. The summed E-state index contributed by atoms with van der Waals surface area (Å²) in [5.41, 5.74) is 0.744. The zero-order chi connectivity index (χ0) is 13.7. The molecule has 1 aromatic rings. The van der Waals surface area contributed by atoms with Crippen molar-refractivity contribution in [2.45, 2.75) is 6.54 Å². The van der Waals surface area contributed by atoms with Crippen LogP contribution in [0.2, 0.25) is 0 Å². The first kappa shape index (κ1) is 14.4. The van der Waals surface area contributed by atoms with Crippen LogP contribution in [0.3, 0.4) is 0 Å². The van der Waals surface area contributed by atoms with Crippen LogP contribution in [0.15, 0.2) is 22.7 Å². The number of halogens is 2. The summed E-state index contributed by atoms with van der Waals surface area (Å²) in [5.74, 6) is -0.326. The summed E-state index contributed by atoms with van der Waals surface area (Å²) >= 11 is 3.34. The van der Waals surface area contributed by atoms with Crippen molar-refractivity contribution in [3.8, 4) is 0 Å². The number of amides is 1. The molecule has 2 N–H and O–H groups in total. The molecule has 1 aromatic carbocycles. The first-order valence-electron chi connectivity index (χ1n) is 6.29. The van der Waals surface area contributed by atoms with Gasteiger partial charge in [-0.25, -0.2) is 4.39 Å². The van der Waals surface area contributed by atoms with Gasteiger partial charge in [-0.3, -0.25) is 9.69 Å². The number of benzene rings is 1. The van der Waals surface area contributed by atoms with Gasteiger partial charge in [0.1, 0.15) is 5.82 Å². The summed E-state index contributed by atoms with van der Waals surface area (Å²) in [6, 6.07) is 4.46. The molecule has 1 saturated heterocycles. The third kappa shape index (κ3) is 4.56. The van der Waals surface area contributed by atoms with Gasteiger partial charge < -0.3 is 10.6 Å². The van der Waals surface area contributed by atoms with E-state index in [9.17, 15) is 9.18 Å². The zero-order valence-electron chi connectivity index (χ0n) is 10.6. The monoisotopic (exact) mass is 329 g/mol. The van der Waals surface area contributed by atoms with Crippen LogP contribution in [0.5, 0.6) is 0 Å². The molecule has 1 heterocycles. The number of rotatable bonds is 4. The van der Waals surface area contributed by atoms with E-state index in [1.54, 1.807) is 6.07 Å². The molecule has 1 aliphatic rings. The summed E-state index contributed by atoms with van der Waals surface area (Å²) in [4.78, 5) is 13.9. The Bertz CT molecular complexity index is 450. The highest BCUT2D eigenvalue weighted by Gasteiger charge is 2.13. The Hall–Kier alpha value is -0.980. The molecule has 4 nitrogen and oxygen atoms in total. The molecule has 104 valence electrons. The van der Waals surface area contributed by atoms with Gasteiger partial charge in [0.25, 0.3) is 0 Å². The second-order valence-corrected chi connectivity index (χ2v) is 5.39. The van der Waals surface area contributed by atoms with Crippen molar-refractivity contribution in [2.75, 3.05) is 32.7 Å². The van der Waals surface area contributed by atoms with E-state index >= 15 is 0 Å². The topological polar surface area (TPSA) is 44.4 Å². The molecule has 0 atom stereocenters. The quantitative estimate of drug-likeness (QED) is 0.869. The Morgan fingerprint density at radius 3 is 2.89 bits per heavy atom. The molecule has 0 radical (unpaired) electrons. The van der Waals surface area contributed by atoms with E-state index in [0.717, 1.165) is 36.2 Å². The molecule has 0 aromatic heterocycles. The van der Waals surface area contributed by atoms with E-state index in [1.807, 2.05) is 0 Å². The van der Waals surface area contributed by atoms with Crippen LogP contribution in [0.4, 0.5) is 4.39 Å². The summed E-state index contributed by atoms with van der Waals surface area (Å²) in [6.07, 6.45) is 0. The third-order valence-corrected chi connectivity index (χ3v) is 3.83. The van der Waals surface area contributed by atoms with Crippen LogP contribution in [0.25, 0.3) is 0 Å². The molecule has 1 amide bonds. The highest BCUT2D eigenvalue weighted by atomic mass is 79.9. The molecule has 0 saturated carbocycles. The lowest BCUT2D eigenvalue weighted by atomic mass is 10.2. The number of nitrogens with one attached hydrogen (secondary N) is 2. The normalized spacial score (nSPS) is 16.3. The smallest absolute Gasteiger partial charge is 0.234 e. The second-order valence-electron chi connectivity index (χ2n) is 4.54. The number of hydrogen-bond acceptors (Lipinski definition) is 3. The van der Waals surface area contributed by atoms with Crippen LogP contribution in [0, 0.1) is 5.82 Å². The molecule has 1 fully saturated rings. The van der Waals surface area contributed by atoms with Gasteiger partial charge in [-0.05, 0) is 23.8 Å². The summed E-state index contributed by atoms with van der Waals surface area (Å²) in [7, 11) is 0. The van der Waals surface area contributed by atoms with E-state index in [-0.39, 0.29) is 11.7 Å². The van der Waals surface area contributed by atoms with Gasteiger partial charge in [0.05, 0.1) is 6.54 Å². The molecule has 0 aliphatic carbocycles. The molecule has 0 spiro atoms. The maximum Gasteiger partial charge on any atom is 0.234 e. The van der Waals surface area contributed by atoms with Crippen LogP contribution < -0.4 is 10.6 Å². The number of hydrogen-bond donors (Lipinski definition) is 2. The Labute approximate surface area is 120 Å². The molecule has 1 aliphatic heterocycles. The van der Waals surface area contributed by atoms with Crippen molar-refractivity contribution in [2.24, 2.45) is 0 Å². The second kappa shape index (κ2) is 6.98. The van der Waals surface area contributed by atoms with Gasteiger partial charge >= 0.3 is 0 Å². The Balaban J connectivity index is 1.81. The number of carbonyl (C=O) groups is 1. The largest absolute Gasteiger partial charge is 0.351 e. The minimum atomic E-state index is -0.297. The number of carbonyl (C=O) groups excluding carboxylic acids is 1. The lowest BCUT2D eigenvalue weighted by Gasteiger charge is -2.26. The Kier molecular flexibility index (Phi) is 5.30. The van der Waals surface area contributed by atoms with Gasteiger partial charge in [-0.2, -0.15) is 0 Å². The van der Waals surface area contributed by atoms with Crippen LogP contribution in [-0.4, -0.2) is 43.5 Å². The lowest BCUT2D eigenvalue weighted by Crippen LogP contribution is -2.47. The number of piperazine rings is 1. The van der Waals surface area contributed by atoms with E-state index in [4.69, 9.17) is 0 Å². The Morgan fingerprint density at radius 1 is 1.42 bits per heavy atom. The Morgan fingerprint density at radius 2 is 2.16 bits per heavy atom. The molecule has 0 bridgehead atoms. The summed E-state index contributed by atoms with van der Waals surface area (Å²) in [6.45, 7) is 4.34. The molecule has 2 rings (SSSR count). The fourth-order valence-electron chi connectivity index (χ4n) is 2.00. The summed E-state index contributed by atoms with van der Waals surface area (Å²) < 4.78 is 13.9. The molecular formula is C13H17BrFN3O. The minimum absolute atomic E-state index is 0.0296. The molecule has 19 heavy (non-hydrogen) atoms. The van der Waals surface area contributed by atoms with E-state index < -0.39 is 0 Å². The maximum atomic E-state index is 13.1. The highest BCUT2D eigenvalue weighted by Crippen LogP contribution is 2.17. The first-order valence-corrected chi connectivity index (χ1v) is 7.08. The predicted octanol–water partition coefficient (Wildman–Crippen LogP) is 1.11.